The summed E-state index contributed by atoms with van der Waals surface area (Å²) in [6.45, 7) is 4.49. The van der Waals surface area contributed by atoms with Crippen molar-refractivity contribution in [2.45, 2.75) is 37.5 Å². The van der Waals surface area contributed by atoms with Crippen LogP contribution in [-0.4, -0.2) is 99.5 Å². The summed E-state index contributed by atoms with van der Waals surface area (Å²) >= 11 is 0. The van der Waals surface area contributed by atoms with E-state index >= 15 is 0 Å². The molecule has 2 unspecified atom stereocenters. The van der Waals surface area contributed by atoms with Crippen LogP contribution >= 0.6 is 0 Å². The molecule has 0 saturated carbocycles. The Labute approximate surface area is 169 Å². The molecule has 0 bridgehead atoms. The van der Waals surface area contributed by atoms with Crippen molar-refractivity contribution in [2.24, 2.45) is 0 Å². The fourth-order valence-electron chi connectivity index (χ4n) is 4.87. The first-order valence-electron chi connectivity index (χ1n) is 10.0. The number of pyridine rings is 1. The van der Waals surface area contributed by atoms with E-state index in [0.717, 1.165) is 0 Å². The molecule has 1 spiro atoms. The quantitative estimate of drug-likeness (QED) is 0.676. The Morgan fingerprint density at radius 2 is 2.00 bits per heavy atom. The monoisotopic (exact) mass is 401 g/mol. The van der Waals surface area contributed by atoms with Crippen molar-refractivity contribution >= 4 is 17.7 Å². The summed E-state index contributed by atoms with van der Waals surface area (Å²) in [5, 5.41) is 12.9. The zero-order chi connectivity index (χ0) is 20.6. The normalized spacial score (nSPS) is 25.4. The first-order chi connectivity index (χ1) is 13.9. The van der Waals surface area contributed by atoms with E-state index in [1.807, 2.05) is 4.90 Å². The van der Waals surface area contributed by atoms with Gasteiger partial charge in [0.2, 0.25) is 11.8 Å². The fraction of sp³-hybridized carbons (Fsp3) is 0.600. The highest BCUT2D eigenvalue weighted by Crippen LogP contribution is 2.39. The van der Waals surface area contributed by atoms with Gasteiger partial charge in [-0.25, -0.2) is 0 Å². The zero-order valence-electron chi connectivity index (χ0n) is 16.6. The molecule has 3 amide bonds. The second-order valence-corrected chi connectivity index (χ2v) is 8.33. The number of amides is 3. The van der Waals surface area contributed by atoms with Crippen molar-refractivity contribution in [1.29, 1.82) is 0 Å². The highest BCUT2D eigenvalue weighted by atomic mass is 16.3. The summed E-state index contributed by atoms with van der Waals surface area (Å²) < 4.78 is 0. The molecule has 3 fully saturated rings. The lowest BCUT2D eigenvalue weighted by atomic mass is 9.83. The number of fused-ring (bicyclic) bond motifs is 2. The van der Waals surface area contributed by atoms with E-state index < -0.39 is 6.10 Å². The van der Waals surface area contributed by atoms with Crippen LogP contribution in [-0.2, 0) is 9.59 Å². The molecule has 1 aromatic heterocycles. The first kappa shape index (κ1) is 19.8. The van der Waals surface area contributed by atoms with Gasteiger partial charge in [-0.1, -0.05) is 0 Å². The van der Waals surface area contributed by atoms with Gasteiger partial charge >= 0.3 is 0 Å². The molecule has 0 radical (unpaired) electrons. The van der Waals surface area contributed by atoms with E-state index in [1.165, 1.54) is 6.92 Å². The van der Waals surface area contributed by atoms with Gasteiger partial charge < -0.3 is 20.2 Å². The van der Waals surface area contributed by atoms with Crippen LogP contribution in [0.15, 0.2) is 24.5 Å². The van der Waals surface area contributed by atoms with Gasteiger partial charge in [0, 0.05) is 71.0 Å². The minimum Gasteiger partial charge on any atom is -0.392 e. The number of nitrogens with one attached hydrogen (secondary N) is 1. The number of carbonyl (C=O) groups is 3. The molecule has 2 atom stereocenters. The van der Waals surface area contributed by atoms with Gasteiger partial charge in [0.05, 0.1) is 17.2 Å². The third-order valence-electron chi connectivity index (χ3n) is 6.15. The third-order valence-corrected chi connectivity index (χ3v) is 6.15. The van der Waals surface area contributed by atoms with Crippen LogP contribution in [0.1, 0.15) is 30.1 Å². The number of hydrogen-bond acceptors (Lipinski definition) is 6. The number of aliphatic hydroxyl groups is 1. The summed E-state index contributed by atoms with van der Waals surface area (Å²) in [4.78, 5) is 46.4. The molecule has 1 aromatic rings. The van der Waals surface area contributed by atoms with Crippen molar-refractivity contribution in [3.05, 3.63) is 30.1 Å². The van der Waals surface area contributed by atoms with Crippen molar-refractivity contribution in [2.75, 3.05) is 39.3 Å². The molecule has 2 N–H and O–H groups in total. The Hall–Kier alpha value is -2.52. The summed E-state index contributed by atoms with van der Waals surface area (Å²) in [6, 6.07) is 3.59. The SMILES string of the molecule is CC(=O)NCCC(=O)N1CC2CC(O)CN2C2(C1)CN(C(=O)c1cccnc1)C2. The Kier molecular flexibility index (Phi) is 5.26. The molecule has 0 aromatic carbocycles. The van der Waals surface area contributed by atoms with Crippen molar-refractivity contribution in [1.82, 2.24) is 25.0 Å². The highest BCUT2D eigenvalue weighted by molar-refractivity contribution is 5.94. The molecule has 0 aliphatic carbocycles. The predicted octanol–water partition coefficient (Wildman–Crippen LogP) is -0.920. The number of nitrogens with zero attached hydrogens (tertiary/aromatic N) is 4. The Bertz CT molecular complexity index is 795. The second-order valence-electron chi connectivity index (χ2n) is 8.33. The number of piperazine rings is 1. The van der Waals surface area contributed by atoms with Crippen molar-refractivity contribution in [3.8, 4) is 0 Å². The second kappa shape index (κ2) is 7.72. The number of aromatic nitrogens is 1. The Balaban J connectivity index is 1.44. The van der Waals surface area contributed by atoms with Gasteiger partial charge in [-0.15, -0.1) is 0 Å². The number of aliphatic hydroxyl groups excluding tert-OH is 1. The van der Waals surface area contributed by atoms with Crippen LogP contribution < -0.4 is 5.32 Å². The molecule has 3 saturated heterocycles. The predicted molar refractivity (Wildman–Crippen MR) is 104 cm³/mol. The number of hydrogen-bond donors (Lipinski definition) is 2. The molecule has 9 nitrogen and oxygen atoms in total. The van der Waals surface area contributed by atoms with Crippen LogP contribution in [0.4, 0.5) is 0 Å². The molecule has 4 rings (SSSR count). The molecule has 29 heavy (non-hydrogen) atoms. The smallest absolute Gasteiger partial charge is 0.255 e. The minimum atomic E-state index is -0.408. The highest BCUT2D eigenvalue weighted by Gasteiger charge is 2.57. The lowest BCUT2D eigenvalue weighted by molar-refractivity contribution is -0.146. The van der Waals surface area contributed by atoms with Crippen LogP contribution in [0, 0.1) is 0 Å². The maximum absolute atomic E-state index is 12.7. The molecule has 9 heteroatoms. The van der Waals surface area contributed by atoms with E-state index in [9.17, 15) is 19.5 Å². The number of rotatable bonds is 4. The summed E-state index contributed by atoms with van der Waals surface area (Å²) in [7, 11) is 0. The van der Waals surface area contributed by atoms with Crippen LogP contribution in [0.5, 0.6) is 0 Å². The van der Waals surface area contributed by atoms with E-state index in [1.54, 1.807) is 29.4 Å². The minimum absolute atomic E-state index is 0.00352. The zero-order valence-corrected chi connectivity index (χ0v) is 16.6. The summed E-state index contributed by atoms with van der Waals surface area (Å²) in [6.07, 6.45) is 3.68. The summed E-state index contributed by atoms with van der Waals surface area (Å²) in [5.41, 5.74) is 0.237. The Morgan fingerprint density at radius 1 is 1.24 bits per heavy atom. The number of β-amino-alcohol motifs (C(OH)–C–C–N with tert-alkyl or cyclic N) is 1. The van der Waals surface area contributed by atoms with Gasteiger partial charge in [-0.05, 0) is 18.6 Å². The lowest BCUT2D eigenvalue weighted by Gasteiger charge is -2.60. The standard InChI is InChI=1S/C20H27N5O4/c1-14(26)22-6-4-18(28)23-9-16-7-17(27)10-25(16)20(11-23)12-24(13-20)19(29)15-3-2-5-21-8-15/h2-3,5,8,16-17,27H,4,6-7,9-13H2,1H3,(H,22,26). The molecular weight excluding hydrogens is 374 g/mol. The van der Waals surface area contributed by atoms with E-state index in [0.29, 0.717) is 51.3 Å². The maximum Gasteiger partial charge on any atom is 0.255 e. The van der Waals surface area contributed by atoms with Gasteiger partial charge in [0.25, 0.3) is 5.91 Å². The van der Waals surface area contributed by atoms with Gasteiger partial charge in [0.15, 0.2) is 0 Å². The number of likely N-dealkylation sites (tertiary alicyclic amines) is 1. The first-order valence-corrected chi connectivity index (χ1v) is 10.0. The molecule has 156 valence electrons. The molecular formula is C20H27N5O4. The van der Waals surface area contributed by atoms with E-state index in [-0.39, 0.29) is 35.7 Å². The van der Waals surface area contributed by atoms with E-state index in [4.69, 9.17) is 0 Å². The van der Waals surface area contributed by atoms with Crippen LogP contribution in [0.3, 0.4) is 0 Å². The Morgan fingerprint density at radius 3 is 2.69 bits per heavy atom. The lowest BCUT2D eigenvalue weighted by Crippen LogP contribution is -2.79. The molecule has 3 aliphatic heterocycles. The average molecular weight is 401 g/mol. The average Bonchev–Trinajstić information content (AvgIpc) is 3.05. The fourth-order valence-corrected chi connectivity index (χ4v) is 4.87. The van der Waals surface area contributed by atoms with Gasteiger partial charge in [0.1, 0.15) is 0 Å². The van der Waals surface area contributed by atoms with Crippen LogP contribution in [0.25, 0.3) is 0 Å². The number of carbonyl (C=O) groups excluding carboxylic acids is 3. The third kappa shape index (κ3) is 3.84. The van der Waals surface area contributed by atoms with E-state index in [2.05, 4.69) is 15.2 Å². The van der Waals surface area contributed by atoms with Crippen molar-refractivity contribution in [3.63, 3.8) is 0 Å². The molecule has 3 aliphatic rings. The molecule has 4 heterocycles. The van der Waals surface area contributed by atoms with Gasteiger partial charge in [-0.2, -0.15) is 0 Å². The maximum atomic E-state index is 12.7. The van der Waals surface area contributed by atoms with Crippen LogP contribution in [0.2, 0.25) is 0 Å². The largest absolute Gasteiger partial charge is 0.392 e. The van der Waals surface area contributed by atoms with Gasteiger partial charge in [-0.3, -0.25) is 24.3 Å². The summed E-state index contributed by atoms with van der Waals surface area (Å²) in [5.74, 6) is -0.216. The van der Waals surface area contributed by atoms with Crippen molar-refractivity contribution < 1.29 is 19.5 Å². The topological polar surface area (TPSA) is 106 Å².